The molecule has 0 unspecified atom stereocenters. The van der Waals surface area contributed by atoms with Gasteiger partial charge in [-0.3, -0.25) is 0 Å². The number of hydrogen-bond donors (Lipinski definition) is 1. The summed E-state index contributed by atoms with van der Waals surface area (Å²) in [6.45, 7) is 8.28. The zero-order valence-electron chi connectivity index (χ0n) is 11.0. The molecule has 1 fully saturated rings. The highest BCUT2D eigenvalue weighted by atomic mass is 16.5. The van der Waals surface area contributed by atoms with Gasteiger partial charge in [0.1, 0.15) is 5.82 Å². The summed E-state index contributed by atoms with van der Waals surface area (Å²) in [6.07, 6.45) is 2.14. The molecule has 0 aliphatic carbocycles. The Bertz CT molecular complexity index is 365. The summed E-state index contributed by atoms with van der Waals surface area (Å²) >= 11 is 0. The SMILES string of the molecule is CC(C)(C)c1cccc(NC2CCOCC2)n1. The van der Waals surface area contributed by atoms with Crippen LogP contribution in [0.4, 0.5) is 5.82 Å². The maximum atomic E-state index is 5.35. The summed E-state index contributed by atoms with van der Waals surface area (Å²) in [5, 5.41) is 3.50. The minimum Gasteiger partial charge on any atom is -0.381 e. The number of rotatable bonds is 2. The molecule has 2 heterocycles. The quantitative estimate of drug-likeness (QED) is 0.854. The zero-order valence-corrected chi connectivity index (χ0v) is 11.0. The monoisotopic (exact) mass is 234 g/mol. The molecule has 0 atom stereocenters. The standard InChI is InChI=1S/C14H22N2O/c1-14(2,3)12-5-4-6-13(16-12)15-11-7-9-17-10-8-11/h4-6,11H,7-10H2,1-3H3,(H,15,16). The molecule has 1 aliphatic heterocycles. The van der Waals surface area contributed by atoms with E-state index >= 15 is 0 Å². The van der Waals surface area contributed by atoms with Crippen LogP contribution in [0.5, 0.6) is 0 Å². The molecule has 1 aromatic heterocycles. The fourth-order valence-corrected chi connectivity index (χ4v) is 1.98. The van der Waals surface area contributed by atoms with Gasteiger partial charge in [0.2, 0.25) is 0 Å². The summed E-state index contributed by atoms with van der Waals surface area (Å²) in [4.78, 5) is 4.69. The molecule has 1 aliphatic rings. The Morgan fingerprint density at radius 3 is 2.59 bits per heavy atom. The van der Waals surface area contributed by atoms with E-state index < -0.39 is 0 Å². The van der Waals surface area contributed by atoms with Crippen molar-refractivity contribution in [2.45, 2.75) is 45.1 Å². The molecule has 0 radical (unpaired) electrons. The van der Waals surface area contributed by atoms with E-state index in [0.29, 0.717) is 6.04 Å². The van der Waals surface area contributed by atoms with Crippen LogP contribution in [0.15, 0.2) is 18.2 Å². The third kappa shape index (κ3) is 3.43. The average molecular weight is 234 g/mol. The number of nitrogens with zero attached hydrogens (tertiary/aromatic N) is 1. The Morgan fingerprint density at radius 2 is 1.94 bits per heavy atom. The van der Waals surface area contributed by atoms with Gasteiger partial charge in [-0.1, -0.05) is 26.8 Å². The molecule has 3 nitrogen and oxygen atoms in total. The van der Waals surface area contributed by atoms with Crippen LogP contribution in [0.1, 0.15) is 39.3 Å². The first-order valence-corrected chi connectivity index (χ1v) is 6.37. The van der Waals surface area contributed by atoms with Gasteiger partial charge >= 0.3 is 0 Å². The highest BCUT2D eigenvalue weighted by molar-refractivity contribution is 5.37. The first-order chi connectivity index (χ1) is 8.05. The van der Waals surface area contributed by atoms with Gasteiger partial charge in [0.15, 0.2) is 0 Å². The van der Waals surface area contributed by atoms with E-state index in [0.717, 1.165) is 37.6 Å². The second-order valence-electron chi connectivity index (χ2n) is 5.69. The Hall–Kier alpha value is -1.09. The van der Waals surface area contributed by atoms with Crippen LogP contribution >= 0.6 is 0 Å². The van der Waals surface area contributed by atoms with Crippen molar-refractivity contribution >= 4 is 5.82 Å². The van der Waals surface area contributed by atoms with Gasteiger partial charge in [0.05, 0.1) is 0 Å². The molecular weight excluding hydrogens is 212 g/mol. The molecule has 0 saturated carbocycles. The third-order valence-corrected chi connectivity index (χ3v) is 3.09. The lowest BCUT2D eigenvalue weighted by Gasteiger charge is -2.25. The highest BCUT2D eigenvalue weighted by Gasteiger charge is 2.17. The molecule has 1 N–H and O–H groups in total. The normalized spacial score (nSPS) is 18.1. The minimum absolute atomic E-state index is 0.105. The Balaban J connectivity index is 2.05. The van der Waals surface area contributed by atoms with E-state index in [1.807, 2.05) is 6.07 Å². The van der Waals surface area contributed by atoms with Crippen LogP contribution in [0, 0.1) is 0 Å². The third-order valence-electron chi connectivity index (χ3n) is 3.09. The van der Waals surface area contributed by atoms with Crippen molar-refractivity contribution in [1.29, 1.82) is 0 Å². The molecule has 1 saturated heterocycles. The molecule has 94 valence electrons. The highest BCUT2D eigenvalue weighted by Crippen LogP contribution is 2.22. The summed E-state index contributed by atoms with van der Waals surface area (Å²) in [5.41, 5.74) is 1.24. The predicted molar refractivity (Wildman–Crippen MR) is 70.4 cm³/mol. The van der Waals surface area contributed by atoms with Gasteiger partial charge in [0, 0.05) is 30.4 Å². The number of hydrogen-bond acceptors (Lipinski definition) is 3. The van der Waals surface area contributed by atoms with E-state index in [2.05, 4.69) is 43.2 Å². The summed E-state index contributed by atoms with van der Waals surface area (Å²) in [7, 11) is 0. The van der Waals surface area contributed by atoms with Crippen LogP contribution < -0.4 is 5.32 Å². The number of anilines is 1. The summed E-state index contributed by atoms with van der Waals surface area (Å²) in [5.74, 6) is 0.990. The Kier molecular flexibility index (Phi) is 3.67. The lowest BCUT2D eigenvalue weighted by Crippen LogP contribution is -2.28. The topological polar surface area (TPSA) is 34.1 Å². The van der Waals surface area contributed by atoms with Gasteiger partial charge in [-0.25, -0.2) is 4.98 Å². The molecule has 17 heavy (non-hydrogen) atoms. The first kappa shape index (κ1) is 12.4. The van der Waals surface area contributed by atoms with Crippen LogP contribution in [0.3, 0.4) is 0 Å². The first-order valence-electron chi connectivity index (χ1n) is 6.37. The Labute approximate surface area is 104 Å². The zero-order chi connectivity index (χ0) is 12.3. The molecule has 0 amide bonds. The number of nitrogens with one attached hydrogen (secondary N) is 1. The second kappa shape index (κ2) is 5.05. The molecule has 1 aromatic rings. The second-order valence-corrected chi connectivity index (χ2v) is 5.69. The van der Waals surface area contributed by atoms with Crippen molar-refractivity contribution < 1.29 is 4.74 Å². The maximum absolute atomic E-state index is 5.35. The smallest absolute Gasteiger partial charge is 0.126 e. The minimum atomic E-state index is 0.105. The lowest BCUT2D eigenvalue weighted by molar-refractivity contribution is 0.0904. The molecule has 0 spiro atoms. The largest absolute Gasteiger partial charge is 0.381 e. The van der Waals surface area contributed by atoms with Crippen LogP contribution in [-0.2, 0) is 10.2 Å². The number of pyridine rings is 1. The van der Waals surface area contributed by atoms with E-state index in [-0.39, 0.29) is 5.41 Å². The van der Waals surface area contributed by atoms with Crippen LogP contribution in [-0.4, -0.2) is 24.2 Å². The van der Waals surface area contributed by atoms with Crippen molar-refractivity contribution in [3.8, 4) is 0 Å². The van der Waals surface area contributed by atoms with Gasteiger partial charge in [-0.2, -0.15) is 0 Å². The van der Waals surface area contributed by atoms with Crippen molar-refractivity contribution in [1.82, 2.24) is 4.98 Å². The van der Waals surface area contributed by atoms with Crippen LogP contribution in [0.25, 0.3) is 0 Å². The van der Waals surface area contributed by atoms with E-state index in [1.54, 1.807) is 0 Å². The molecular formula is C14H22N2O. The van der Waals surface area contributed by atoms with Gasteiger partial charge in [0.25, 0.3) is 0 Å². The van der Waals surface area contributed by atoms with Crippen molar-refractivity contribution in [2.75, 3.05) is 18.5 Å². The fraction of sp³-hybridized carbons (Fsp3) is 0.643. The van der Waals surface area contributed by atoms with Crippen molar-refractivity contribution in [2.24, 2.45) is 0 Å². The van der Waals surface area contributed by atoms with Gasteiger partial charge in [-0.15, -0.1) is 0 Å². The predicted octanol–water partition coefficient (Wildman–Crippen LogP) is 2.97. The van der Waals surface area contributed by atoms with E-state index in [9.17, 15) is 0 Å². The van der Waals surface area contributed by atoms with Gasteiger partial charge in [-0.05, 0) is 25.0 Å². The molecule has 2 rings (SSSR count). The summed E-state index contributed by atoms with van der Waals surface area (Å²) in [6, 6.07) is 6.72. The average Bonchev–Trinajstić information content (AvgIpc) is 2.29. The number of aromatic nitrogens is 1. The Morgan fingerprint density at radius 1 is 1.24 bits per heavy atom. The molecule has 0 aromatic carbocycles. The van der Waals surface area contributed by atoms with Crippen LogP contribution in [0.2, 0.25) is 0 Å². The summed E-state index contributed by atoms with van der Waals surface area (Å²) < 4.78 is 5.35. The fourth-order valence-electron chi connectivity index (χ4n) is 1.98. The molecule has 3 heteroatoms. The lowest BCUT2D eigenvalue weighted by atomic mass is 9.92. The van der Waals surface area contributed by atoms with E-state index in [4.69, 9.17) is 4.74 Å². The van der Waals surface area contributed by atoms with E-state index in [1.165, 1.54) is 0 Å². The maximum Gasteiger partial charge on any atom is 0.126 e. The van der Waals surface area contributed by atoms with Crippen molar-refractivity contribution in [3.05, 3.63) is 23.9 Å². The van der Waals surface area contributed by atoms with Crippen molar-refractivity contribution in [3.63, 3.8) is 0 Å². The number of ether oxygens (including phenoxy) is 1. The molecule has 0 bridgehead atoms. The van der Waals surface area contributed by atoms with Gasteiger partial charge < -0.3 is 10.1 Å².